The zero-order valence-electron chi connectivity index (χ0n) is 14.3. The number of hydrogen-bond acceptors (Lipinski definition) is 4. The number of thioether (sulfide) groups is 1. The molecule has 2 atom stereocenters. The van der Waals surface area contributed by atoms with Crippen LogP contribution < -0.4 is 10.9 Å². The first-order chi connectivity index (χ1) is 11.5. The number of nitrogens with one attached hydrogen (secondary N) is 1. The largest absolute Gasteiger partial charge is 0.352 e. The van der Waals surface area contributed by atoms with Crippen molar-refractivity contribution in [2.75, 3.05) is 0 Å². The lowest BCUT2D eigenvalue weighted by molar-refractivity contribution is -0.120. The van der Waals surface area contributed by atoms with E-state index in [1.54, 1.807) is 10.6 Å². The third kappa shape index (κ3) is 3.48. The first-order valence-electron chi connectivity index (χ1n) is 8.49. The van der Waals surface area contributed by atoms with E-state index in [2.05, 4.69) is 10.3 Å². The van der Waals surface area contributed by atoms with E-state index in [0.717, 1.165) is 19.3 Å². The quantitative estimate of drug-likeness (QED) is 0.645. The molecule has 1 N–H and O–H groups in total. The normalized spacial score (nSPS) is 16.8. The Bertz CT molecular complexity index is 814. The van der Waals surface area contributed by atoms with Crippen LogP contribution >= 0.6 is 11.8 Å². The number of para-hydroxylation sites is 1. The maximum absolute atomic E-state index is 12.9. The van der Waals surface area contributed by atoms with E-state index >= 15 is 0 Å². The summed E-state index contributed by atoms with van der Waals surface area (Å²) in [5.74, 6) is 0.0145. The fourth-order valence-corrected chi connectivity index (χ4v) is 3.56. The van der Waals surface area contributed by atoms with Crippen LogP contribution in [0.5, 0.6) is 0 Å². The average Bonchev–Trinajstić information content (AvgIpc) is 3.38. The van der Waals surface area contributed by atoms with E-state index in [1.807, 2.05) is 39.0 Å². The van der Waals surface area contributed by atoms with Crippen molar-refractivity contribution < 1.29 is 4.79 Å². The van der Waals surface area contributed by atoms with Gasteiger partial charge in [0, 0.05) is 12.1 Å². The maximum Gasteiger partial charge on any atom is 0.262 e. The van der Waals surface area contributed by atoms with Gasteiger partial charge in [0.2, 0.25) is 5.91 Å². The monoisotopic (exact) mass is 345 g/mol. The van der Waals surface area contributed by atoms with Gasteiger partial charge in [-0.1, -0.05) is 30.8 Å². The molecular weight excluding hydrogens is 322 g/mol. The molecule has 1 aliphatic carbocycles. The van der Waals surface area contributed by atoms with E-state index in [1.165, 1.54) is 11.8 Å². The molecule has 1 saturated carbocycles. The van der Waals surface area contributed by atoms with Gasteiger partial charge in [-0.25, -0.2) is 4.98 Å². The molecule has 0 spiro atoms. The standard InChI is InChI=1S/C18H23N3O2S/c1-4-11(2)21-17(23)14-7-5-6-8-15(14)20-18(21)24-12(3)16(22)19-13-9-10-13/h5-8,11-13H,4,9-10H2,1-3H3,(H,19,22)/t11-,12+/m0/s1. The van der Waals surface area contributed by atoms with Gasteiger partial charge in [-0.2, -0.15) is 0 Å². The van der Waals surface area contributed by atoms with Crippen molar-refractivity contribution in [2.24, 2.45) is 0 Å². The lowest BCUT2D eigenvalue weighted by Crippen LogP contribution is -2.33. The second kappa shape index (κ2) is 6.97. The highest BCUT2D eigenvalue weighted by Crippen LogP contribution is 2.27. The third-order valence-corrected chi connectivity index (χ3v) is 5.45. The SMILES string of the molecule is CC[C@H](C)n1c(S[C@H](C)C(=O)NC2CC2)nc2ccccc2c1=O. The van der Waals surface area contributed by atoms with Gasteiger partial charge in [-0.05, 0) is 45.2 Å². The fourth-order valence-electron chi connectivity index (χ4n) is 2.54. The van der Waals surface area contributed by atoms with Crippen LogP contribution in [0.25, 0.3) is 10.9 Å². The molecule has 0 unspecified atom stereocenters. The molecule has 1 aromatic carbocycles. The summed E-state index contributed by atoms with van der Waals surface area (Å²) in [5, 5.41) is 3.97. The van der Waals surface area contributed by atoms with Crippen LogP contribution in [0.4, 0.5) is 0 Å². The van der Waals surface area contributed by atoms with Crippen molar-refractivity contribution in [1.29, 1.82) is 0 Å². The zero-order valence-corrected chi connectivity index (χ0v) is 15.1. The number of hydrogen-bond donors (Lipinski definition) is 1. The lowest BCUT2D eigenvalue weighted by Gasteiger charge is -2.20. The van der Waals surface area contributed by atoms with E-state index in [9.17, 15) is 9.59 Å². The smallest absolute Gasteiger partial charge is 0.262 e. The lowest BCUT2D eigenvalue weighted by atomic mass is 10.2. The number of carbonyl (C=O) groups is 1. The number of nitrogens with zero attached hydrogens (tertiary/aromatic N) is 2. The van der Waals surface area contributed by atoms with Crippen molar-refractivity contribution in [1.82, 2.24) is 14.9 Å². The van der Waals surface area contributed by atoms with Crippen molar-refractivity contribution >= 4 is 28.6 Å². The van der Waals surface area contributed by atoms with Crippen LogP contribution in [0.15, 0.2) is 34.2 Å². The van der Waals surface area contributed by atoms with Crippen LogP contribution in [-0.2, 0) is 4.79 Å². The molecular formula is C18H23N3O2S. The molecule has 6 heteroatoms. The molecule has 128 valence electrons. The highest BCUT2D eigenvalue weighted by Gasteiger charge is 2.27. The van der Waals surface area contributed by atoms with Gasteiger partial charge >= 0.3 is 0 Å². The summed E-state index contributed by atoms with van der Waals surface area (Å²) in [5.41, 5.74) is 0.645. The number of fused-ring (bicyclic) bond motifs is 1. The second-order valence-electron chi connectivity index (χ2n) is 6.39. The molecule has 1 fully saturated rings. The van der Waals surface area contributed by atoms with Gasteiger partial charge in [0.25, 0.3) is 5.56 Å². The Morgan fingerprint density at radius 3 is 2.75 bits per heavy atom. The summed E-state index contributed by atoms with van der Waals surface area (Å²) in [6.07, 6.45) is 2.96. The van der Waals surface area contributed by atoms with Gasteiger partial charge in [-0.3, -0.25) is 14.2 Å². The number of carbonyl (C=O) groups excluding carboxylic acids is 1. The van der Waals surface area contributed by atoms with Crippen molar-refractivity contribution in [3.05, 3.63) is 34.6 Å². The Morgan fingerprint density at radius 1 is 1.38 bits per heavy atom. The van der Waals surface area contributed by atoms with Gasteiger partial charge in [-0.15, -0.1) is 0 Å². The zero-order chi connectivity index (χ0) is 17.3. The molecule has 1 amide bonds. The van der Waals surface area contributed by atoms with E-state index in [0.29, 0.717) is 22.1 Å². The topological polar surface area (TPSA) is 64.0 Å². The number of aromatic nitrogens is 2. The fraction of sp³-hybridized carbons (Fsp3) is 0.500. The van der Waals surface area contributed by atoms with Gasteiger partial charge in [0.1, 0.15) is 0 Å². The minimum atomic E-state index is -0.283. The molecule has 2 aromatic rings. The summed E-state index contributed by atoms with van der Waals surface area (Å²) in [7, 11) is 0. The van der Waals surface area contributed by atoms with Gasteiger partial charge in [0.05, 0.1) is 16.2 Å². The van der Waals surface area contributed by atoms with Crippen LogP contribution in [0.2, 0.25) is 0 Å². The number of amides is 1. The molecule has 5 nitrogen and oxygen atoms in total. The Kier molecular flexibility index (Phi) is 4.94. The predicted molar refractivity (Wildman–Crippen MR) is 97.5 cm³/mol. The second-order valence-corrected chi connectivity index (χ2v) is 7.69. The van der Waals surface area contributed by atoms with Crippen molar-refractivity contribution in [2.45, 2.75) is 62.5 Å². The van der Waals surface area contributed by atoms with Crippen LogP contribution in [-0.4, -0.2) is 26.8 Å². The van der Waals surface area contributed by atoms with E-state index in [4.69, 9.17) is 0 Å². The molecule has 3 rings (SSSR count). The average molecular weight is 345 g/mol. The first-order valence-corrected chi connectivity index (χ1v) is 9.37. The minimum Gasteiger partial charge on any atom is -0.352 e. The van der Waals surface area contributed by atoms with Crippen molar-refractivity contribution in [3.63, 3.8) is 0 Å². The maximum atomic E-state index is 12.9. The molecule has 0 radical (unpaired) electrons. The van der Waals surface area contributed by atoms with Crippen LogP contribution in [0.1, 0.15) is 46.1 Å². The Hall–Kier alpha value is -1.82. The minimum absolute atomic E-state index is 0.0145. The highest BCUT2D eigenvalue weighted by atomic mass is 32.2. The third-order valence-electron chi connectivity index (χ3n) is 4.38. The molecule has 1 aliphatic rings. The Balaban J connectivity index is 1.98. The highest BCUT2D eigenvalue weighted by molar-refractivity contribution is 8.00. The summed E-state index contributed by atoms with van der Waals surface area (Å²) >= 11 is 1.36. The van der Waals surface area contributed by atoms with Crippen molar-refractivity contribution in [3.8, 4) is 0 Å². The summed E-state index contributed by atoms with van der Waals surface area (Å²) in [4.78, 5) is 29.8. The molecule has 0 aliphatic heterocycles. The summed E-state index contributed by atoms with van der Waals surface area (Å²) in [6, 6.07) is 7.75. The number of rotatable bonds is 6. The van der Waals surface area contributed by atoms with Crippen LogP contribution in [0, 0.1) is 0 Å². The first kappa shape index (κ1) is 17.0. The van der Waals surface area contributed by atoms with Gasteiger partial charge in [0.15, 0.2) is 5.16 Å². The molecule has 1 aromatic heterocycles. The van der Waals surface area contributed by atoms with Crippen LogP contribution in [0.3, 0.4) is 0 Å². The Morgan fingerprint density at radius 2 is 2.08 bits per heavy atom. The Labute approximate surface area is 145 Å². The molecule has 0 bridgehead atoms. The summed E-state index contributed by atoms with van der Waals surface area (Å²) < 4.78 is 1.73. The molecule has 1 heterocycles. The van der Waals surface area contributed by atoms with Gasteiger partial charge < -0.3 is 5.32 Å². The molecule has 0 saturated heterocycles. The number of benzene rings is 1. The van der Waals surface area contributed by atoms with E-state index < -0.39 is 0 Å². The summed E-state index contributed by atoms with van der Waals surface area (Å²) in [6.45, 7) is 5.92. The predicted octanol–water partition coefficient (Wildman–Crippen LogP) is 3.13. The molecule has 24 heavy (non-hydrogen) atoms. The van der Waals surface area contributed by atoms with E-state index in [-0.39, 0.29) is 22.8 Å².